The first-order chi connectivity index (χ1) is 11.4. The summed E-state index contributed by atoms with van der Waals surface area (Å²) < 4.78 is 15.7. The van der Waals surface area contributed by atoms with Gasteiger partial charge in [-0.25, -0.2) is 9.18 Å². The normalized spacial score (nSPS) is 11.8. The molecule has 3 amide bonds. The molecule has 1 aromatic carbocycles. The van der Waals surface area contributed by atoms with Crippen molar-refractivity contribution in [2.45, 2.75) is 23.9 Å². The Labute approximate surface area is 142 Å². The summed E-state index contributed by atoms with van der Waals surface area (Å²) in [5.74, 6) is -0.641. The average molecular weight is 349 g/mol. The molecule has 0 aliphatic carbocycles. The van der Waals surface area contributed by atoms with Crippen molar-refractivity contribution in [3.05, 3.63) is 42.7 Å². The lowest BCUT2D eigenvalue weighted by molar-refractivity contribution is -0.119. The van der Waals surface area contributed by atoms with Crippen molar-refractivity contribution in [3.8, 4) is 11.4 Å². The number of imide groups is 1. The molecule has 0 aliphatic heterocycles. The van der Waals surface area contributed by atoms with Crippen LogP contribution < -0.4 is 11.1 Å². The number of thioether (sulfide) groups is 1. The zero-order valence-corrected chi connectivity index (χ0v) is 13.7. The first-order valence-corrected chi connectivity index (χ1v) is 7.88. The number of hydrogen-bond acceptors (Lipinski definition) is 5. The summed E-state index contributed by atoms with van der Waals surface area (Å²) in [5, 5.41) is 9.81. The van der Waals surface area contributed by atoms with Crippen molar-refractivity contribution < 1.29 is 14.0 Å². The van der Waals surface area contributed by atoms with Gasteiger partial charge in [-0.2, -0.15) is 0 Å². The molecule has 126 valence electrons. The largest absolute Gasteiger partial charge is 0.351 e. The minimum atomic E-state index is -0.924. The summed E-state index contributed by atoms with van der Waals surface area (Å²) in [4.78, 5) is 22.5. The summed E-state index contributed by atoms with van der Waals surface area (Å²) in [6, 6.07) is 5.28. The van der Waals surface area contributed by atoms with E-state index in [0.29, 0.717) is 23.1 Å². The van der Waals surface area contributed by atoms with Gasteiger partial charge in [-0.15, -0.1) is 16.8 Å². The molecular formula is C15H16FN5O2S. The SMILES string of the molecule is C=CCn1c(S[C@H](C)C(=O)NC(N)=O)nnc1-c1ccccc1F. The first-order valence-electron chi connectivity index (χ1n) is 7.00. The molecule has 0 unspecified atom stereocenters. The Hall–Kier alpha value is -2.68. The Morgan fingerprint density at radius 1 is 1.46 bits per heavy atom. The predicted molar refractivity (Wildman–Crippen MR) is 88.7 cm³/mol. The van der Waals surface area contributed by atoms with E-state index in [0.717, 1.165) is 11.8 Å². The molecule has 2 rings (SSSR count). The number of aromatic nitrogens is 3. The van der Waals surface area contributed by atoms with E-state index in [9.17, 15) is 14.0 Å². The maximum absolute atomic E-state index is 14.0. The highest BCUT2D eigenvalue weighted by Crippen LogP contribution is 2.28. The number of hydrogen-bond donors (Lipinski definition) is 2. The second-order valence-electron chi connectivity index (χ2n) is 4.80. The van der Waals surface area contributed by atoms with Crippen LogP contribution in [-0.4, -0.2) is 32.0 Å². The van der Waals surface area contributed by atoms with Gasteiger partial charge in [0.2, 0.25) is 5.91 Å². The molecule has 3 N–H and O–H groups in total. The van der Waals surface area contributed by atoms with Gasteiger partial charge in [-0.05, 0) is 19.1 Å². The van der Waals surface area contributed by atoms with Gasteiger partial charge in [0.25, 0.3) is 0 Å². The van der Waals surface area contributed by atoms with E-state index in [1.807, 2.05) is 5.32 Å². The topological polar surface area (TPSA) is 103 Å². The Morgan fingerprint density at radius 2 is 2.17 bits per heavy atom. The van der Waals surface area contributed by atoms with Crippen molar-refractivity contribution in [3.63, 3.8) is 0 Å². The van der Waals surface area contributed by atoms with Gasteiger partial charge < -0.3 is 5.73 Å². The number of nitrogens with one attached hydrogen (secondary N) is 1. The van der Waals surface area contributed by atoms with Gasteiger partial charge in [0.15, 0.2) is 11.0 Å². The third-order valence-corrected chi connectivity index (χ3v) is 4.12. The lowest BCUT2D eigenvalue weighted by Crippen LogP contribution is -2.39. The fraction of sp³-hybridized carbons (Fsp3) is 0.200. The maximum Gasteiger partial charge on any atom is 0.318 e. The molecule has 0 saturated heterocycles. The highest BCUT2D eigenvalue weighted by atomic mass is 32.2. The molecular weight excluding hydrogens is 333 g/mol. The molecule has 1 aromatic heterocycles. The number of halogens is 1. The van der Waals surface area contributed by atoms with Crippen LogP contribution in [0.3, 0.4) is 0 Å². The van der Waals surface area contributed by atoms with Crippen LogP contribution in [0.15, 0.2) is 42.1 Å². The Bertz CT molecular complexity index is 777. The van der Waals surface area contributed by atoms with Crippen LogP contribution in [0.5, 0.6) is 0 Å². The van der Waals surface area contributed by atoms with Crippen molar-refractivity contribution in [2.75, 3.05) is 0 Å². The van der Waals surface area contributed by atoms with E-state index in [4.69, 9.17) is 5.73 Å². The molecule has 2 aromatic rings. The van der Waals surface area contributed by atoms with E-state index < -0.39 is 23.0 Å². The summed E-state index contributed by atoms with van der Waals surface area (Å²) in [6.45, 7) is 5.60. The smallest absolute Gasteiger partial charge is 0.318 e. The van der Waals surface area contributed by atoms with E-state index in [-0.39, 0.29) is 0 Å². The van der Waals surface area contributed by atoms with E-state index in [1.54, 1.807) is 35.8 Å². The molecule has 7 nitrogen and oxygen atoms in total. The van der Waals surface area contributed by atoms with Gasteiger partial charge >= 0.3 is 6.03 Å². The highest BCUT2D eigenvalue weighted by molar-refractivity contribution is 8.00. The number of nitrogens with two attached hydrogens (primary N) is 1. The lowest BCUT2D eigenvalue weighted by Gasteiger charge is -2.11. The number of benzene rings is 1. The molecule has 0 bridgehead atoms. The Balaban J connectivity index is 2.32. The lowest BCUT2D eigenvalue weighted by atomic mass is 10.2. The number of carbonyl (C=O) groups excluding carboxylic acids is 2. The third kappa shape index (κ3) is 3.99. The van der Waals surface area contributed by atoms with E-state index in [2.05, 4.69) is 16.8 Å². The standard InChI is InChI=1S/C15H16FN5O2S/c1-3-8-21-12(10-6-4-5-7-11(10)16)19-20-15(21)24-9(2)13(22)18-14(17)23/h3-7,9H,1,8H2,2H3,(H3,17,18,22,23)/t9-/m1/s1. The maximum atomic E-state index is 14.0. The van der Waals surface area contributed by atoms with Gasteiger partial charge in [-0.1, -0.05) is 30.0 Å². The van der Waals surface area contributed by atoms with E-state index >= 15 is 0 Å². The number of allylic oxidation sites excluding steroid dienone is 1. The zero-order chi connectivity index (χ0) is 17.7. The molecule has 0 spiro atoms. The van der Waals surface area contributed by atoms with Crippen LogP contribution in [0.1, 0.15) is 6.92 Å². The van der Waals surface area contributed by atoms with Gasteiger partial charge in [0.05, 0.1) is 10.8 Å². The fourth-order valence-electron chi connectivity index (χ4n) is 1.95. The van der Waals surface area contributed by atoms with Crippen molar-refractivity contribution in [1.29, 1.82) is 0 Å². The molecule has 0 radical (unpaired) electrons. The summed E-state index contributed by atoms with van der Waals surface area (Å²) in [5.41, 5.74) is 5.23. The van der Waals surface area contributed by atoms with Crippen LogP contribution >= 0.6 is 11.8 Å². The third-order valence-electron chi connectivity index (χ3n) is 3.04. The molecule has 1 atom stereocenters. The first kappa shape index (κ1) is 17.7. The highest BCUT2D eigenvalue weighted by Gasteiger charge is 2.22. The van der Waals surface area contributed by atoms with Crippen molar-refractivity contribution >= 4 is 23.7 Å². The molecule has 24 heavy (non-hydrogen) atoms. The van der Waals surface area contributed by atoms with Gasteiger partial charge in [0, 0.05) is 6.54 Å². The van der Waals surface area contributed by atoms with Crippen LogP contribution in [0.4, 0.5) is 9.18 Å². The number of amides is 3. The summed E-state index contributed by atoms with van der Waals surface area (Å²) in [7, 11) is 0. The van der Waals surface area contributed by atoms with E-state index in [1.165, 1.54) is 6.07 Å². The minimum absolute atomic E-state index is 0.299. The number of carbonyl (C=O) groups is 2. The van der Waals surface area contributed by atoms with Crippen LogP contribution in [0.25, 0.3) is 11.4 Å². The fourth-order valence-corrected chi connectivity index (χ4v) is 2.80. The summed E-state index contributed by atoms with van der Waals surface area (Å²) >= 11 is 1.08. The van der Waals surface area contributed by atoms with Gasteiger partial charge in [-0.3, -0.25) is 14.7 Å². The van der Waals surface area contributed by atoms with Crippen LogP contribution in [-0.2, 0) is 11.3 Å². The van der Waals surface area contributed by atoms with Crippen LogP contribution in [0.2, 0.25) is 0 Å². The second-order valence-corrected chi connectivity index (χ2v) is 6.11. The van der Waals surface area contributed by atoms with Gasteiger partial charge in [0.1, 0.15) is 5.82 Å². The van der Waals surface area contributed by atoms with Crippen molar-refractivity contribution in [1.82, 2.24) is 20.1 Å². The number of primary amides is 1. The average Bonchev–Trinajstić information content (AvgIpc) is 2.90. The number of urea groups is 1. The Kier molecular flexibility index (Phi) is 5.69. The number of rotatable bonds is 6. The summed E-state index contributed by atoms with van der Waals surface area (Å²) in [6.07, 6.45) is 1.62. The van der Waals surface area contributed by atoms with Crippen LogP contribution in [0, 0.1) is 5.82 Å². The quantitative estimate of drug-likeness (QED) is 0.613. The minimum Gasteiger partial charge on any atom is -0.351 e. The Morgan fingerprint density at radius 3 is 2.79 bits per heavy atom. The molecule has 0 aliphatic rings. The number of nitrogens with zero attached hydrogens (tertiary/aromatic N) is 3. The molecule has 0 saturated carbocycles. The molecule has 1 heterocycles. The monoisotopic (exact) mass is 349 g/mol. The zero-order valence-electron chi connectivity index (χ0n) is 12.9. The molecule has 9 heteroatoms. The van der Waals surface area contributed by atoms with Crippen molar-refractivity contribution in [2.24, 2.45) is 5.73 Å². The second kappa shape index (κ2) is 7.73. The predicted octanol–water partition coefficient (Wildman–Crippen LogP) is 1.95. The molecule has 0 fully saturated rings.